The van der Waals surface area contributed by atoms with E-state index in [0.717, 1.165) is 25.9 Å². The Balaban J connectivity index is 0.000000331. The molecule has 102 valence electrons. The minimum absolute atomic E-state index is 0.0370. The van der Waals surface area contributed by atoms with E-state index < -0.39 is 0 Å². The first-order chi connectivity index (χ1) is 8.74. The zero-order valence-electron chi connectivity index (χ0n) is 11.6. The van der Waals surface area contributed by atoms with E-state index in [9.17, 15) is 4.79 Å². The fraction of sp³-hybridized carbons (Fsp3) is 0.533. The molecule has 0 amide bonds. The Kier molecular flexibility index (Phi) is 11.5. The second-order valence-electron chi connectivity index (χ2n) is 3.67. The average Bonchev–Trinajstić information content (AvgIpc) is 2.39. The van der Waals surface area contributed by atoms with Gasteiger partial charge in [0.2, 0.25) is 0 Å². The molecule has 1 aromatic carbocycles. The highest BCUT2D eigenvalue weighted by molar-refractivity contribution is 5.49. The second-order valence-corrected chi connectivity index (χ2v) is 3.67. The third kappa shape index (κ3) is 10.00. The largest absolute Gasteiger partial charge is 0.353 e. The maximum atomic E-state index is 9.98. The molecule has 1 aromatic rings. The highest BCUT2D eigenvalue weighted by Crippen LogP contribution is 2.00. The highest BCUT2D eigenvalue weighted by Gasteiger charge is 1.94. The normalized spacial score (nSPS) is 9.78. The Hall–Kier alpha value is -1.19. The quantitative estimate of drug-likeness (QED) is 0.552. The molecule has 0 aliphatic rings. The number of rotatable bonds is 7. The van der Waals surface area contributed by atoms with E-state index in [4.69, 9.17) is 9.47 Å². The third-order valence-corrected chi connectivity index (χ3v) is 2.20. The molecule has 0 N–H and O–H groups in total. The monoisotopic (exact) mass is 252 g/mol. The van der Waals surface area contributed by atoms with Gasteiger partial charge in [-0.3, -0.25) is 0 Å². The van der Waals surface area contributed by atoms with Crippen molar-refractivity contribution in [1.82, 2.24) is 0 Å². The smallest absolute Gasteiger partial charge is 0.154 e. The van der Waals surface area contributed by atoms with Gasteiger partial charge in [0.25, 0.3) is 0 Å². The van der Waals surface area contributed by atoms with Crippen molar-refractivity contribution < 1.29 is 14.3 Å². The van der Waals surface area contributed by atoms with Crippen molar-refractivity contribution in [1.29, 1.82) is 0 Å². The summed E-state index contributed by atoms with van der Waals surface area (Å²) in [5.41, 5.74) is 1.23. The van der Waals surface area contributed by atoms with Crippen LogP contribution >= 0.6 is 0 Å². The number of ether oxygens (including phenoxy) is 2. The number of benzene rings is 1. The predicted molar refractivity (Wildman–Crippen MR) is 73.5 cm³/mol. The van der Waals surface area contributed by atoms with Gasteiger partial charge in [0, 0.05) is 19.6 Å². The van der Waals surface area contributed by atoms with E-state index in [1.165, 1.54) is 5.56 Å². The second kappa shape index (κ2) is 12.3. The number of carbonyl (C=O) groups excluding carboxylic acids is 1. The molecule has 0 radical (unpaired) electrons. The third-order valence-electron chi connectivity index (χ3n) is 2.20. The Morgan fingerprint density at radius 3 is 2.11 bits per heavy atom. The van der Waals surface area contributed by atoms with Crippen LogP contribution in [-0.4, -0.2) is 25.8 Å². The summed E-state index contributed by atoms with van der Waals surface area (Å²) in [6.07, 6.45) is 2.41. The molecule has 0 unspecified atom stereocenters. The average molecular weight is 252 g/mol. The molecule has 0 saturated heterocycles. The fourth-order valence-corrected chi connectivity index (χ4v) is 1.39. The van der Waals surface area contributed by atoms with Crippen LogP contribution in [-0.2, 0) is 20.7 Å². The zero-order chi connectivity index (χ0) is 13.6. The maximum Gasteiger partial charge on any atom is 0.154 e. The van der Waals surface area contributed by atoms with E-state index in [2.05, 4.69) is 0 Å². The number of carbonyl (C=O) groups is 1. The molecular weight excluding hydrogens is 228 g/mol. The molecule has 0 aliphatic carbocycles. The molecule has 0 spiro atoms. The van der Waals surface area contributed by atoms with E-state index in [1.807, 2.05) is 51.1 Å². The SMILES string of the molecule is CCOC(C)OCC.O=CCCc1ccccc1. The lowest BCUT2D eigenvalue weighted by Crippen LogP contribution is -2.11. The summed E-state index contributed by atoms with van der Waals surface area (Å²) in [6.45, 7) is 7.25. The van der Waals surface area contributed by atoms with Crippen molar-refractivity contribution in [2.75, 3.05) is 13.2 Å². The molecule has 0 bridgehead atoms. The van der Waals surface area contributed by atoms with Gasteiger partial charge in [-0.15, -0.1) is 0 Å². The molecule has 0 aromatic heterocycles. The van der Waals surface area contributed by atoms with Crippen LogP contribution in [0.5, 0.6) is 0 Å². The van der Waals surface area contributed by atoms with Crippen LogP contribution in [0.25, 0.3) is 0 Å². The summed E-state index contributed by atoms with van der Waals surface area (Å²) in [5, 5.41) is 0. The van der Waals surface area contributed by atoms with Gasteiger partial charge in [-0.1, -0.05) is 30.3 Å². The number of hydrogen-bond acceptors (Lipinski definition) is 3. The van der Waals surface area contributed by atoms with E-state index in [0.29, 0.717) is 6.42 Å². The van der Waals surface area contributed by atoms with Crippen molar-refractivity contribution in [3.63, 3.8) is 0 Å². The molecule has 1 rings (SSSR count). The molecule has 3 heteroatoms. The van der Waals surface area contributed by atoms with Crippen LogP contribution < -0.4 is 0 Å². The molecular formula is C15H24O3. The van der Waals surface area contributed by atoms with Crippen LogP contribution in [0.4, 0.5) is 0 Å². The number of aldehydes is 1. The van der Waals surface area contributed by atoms with Crippen LogP contribution in [0, 0.1) is 0 Å². The van der Waals surface area contributed by atoms with Crippen molar-refractivity contribution in [2.24, 2.45) is 0 Å². The molecule has 0 heterocycles. The number of aryl methyl sites for hydroxylation is 1. The van der Waals surface area contributed by atoms with Crippen molar-refractivity contribution in [3.8, 4) is 0 Å². The van der Waals surface area contributed by atoms with Gasteiger partial charge in [0.05, 0.1) is 0 Å². The zero-order valence-corrected chi connectivity index (χ0v) is 11.6. The molecule has 3 nitrogen and oxygen atoms in total. The van der Waals surface area contributed by atoms with Gasteiger partial charge in [-0.2, -0.15) is 0 Å². The Morgan fingerprint density at radius 1 is 1.11 bits per heavy atom. The summed E-state index contributed by atoms with van der Waals surface area (Å²) in [5.74, 6) is 0. The van der Waals surface area contributed by atoms with Crippen molar-refractivity contribution in [3.05, 3.63) is 35.9 Å². The number of hydrogen-bond donors (Lipinski definition) is 0. The van der Waals surface area contributed by atoms with Gasteiger partial charge in [0.15, 0.2) is 6.29 Å². The lowest BCUT2D eigenvalue weighted by atomic mass is 10.1. The van der Waals surface area contributed by atoms with Crippen LogP contribution in [0.15, 0.2) is 30.3 Å². The van der Waals surface area contributed by atoms with E-state index in [1.54, 1.807) is 0 Å². The van der Waals surface area contributed by atoms with Gasteiger partial charge < -0.3 is 14.3 Å². The van der Waals surface area contributed by atoms with Crippen molar-refractivity contribution >= 4 is 6.29 Å². The minimum Gasteiger partial charge on any atom is -0.353 e. The lowest BCUT2D eigenvalue weighted by Gasteiger charge is -2.09. The summed E-state index contributed by atoms with van der Waals surface area (Å²) in [6, 6.07) is 10.0. The molecule has 0 fully saturated rings. The van der Waals surface area contributed by atoms with Crippen molar-refractivity contribution in [2.45, 2.75) is 39.9 Å². The van der Waals surface area contributed by atoms with Gasteiger partial charge in [-0.05, 0) is 32.8 Å². The topological polar surface area (TPSA) is 35.5 Å². The minimum atomic E-state index is -0.0370. The van der Waals surface area contributed by atoms with Gasteiger partial charge in [0.1, 0.15) is 6.29 Å². The summed E-state index contributed by atoms with van der Waals surface area (Å²) >= 11 is 0. The summed E-state index contributed by atoms with van der Waals surface area (Å²) in [4.78, 5) is 9.98. The molecule has 0 atom stereocenters. The Morgan fingerprint density at radius 2 is 1.67 bits per heavy atom. The van der Waals surface area contributed by atoms with Crippen LogP contribution in [0.2, 0.25) is 0 Å². The molecule has 18 heavy (non-hydrogen) atoms. The van der Waals surface area contributed by atoms with Gasteiger partial charge in [-0.25, -0.2) is 0 Å². The lowest BCUT2D eigenvalue weighted by molar-refractivity contribution is -0.123. The summed E-state index contributed by atoms with van der Waals surface area (Å²) in [7, 11) is 0. The molecule has 0 saturated carbocycles. The standard InChI is InChI=1S/C9H10O.C6H14O2/c10-8-4-7-9-5-2-1-3-6-9;1-4-7-6(3)8-5-2/h1-3,5-6,8H,4,7H2;6H,4-5H2,1-3H3. The maximum absolute atomic E-state index is 9.98. The van der Waals surface area contributed by atoms with E-state index in [-0.39, 0.29) is 6.29 Å². The first-order valence-corrected chi connectivity index (χ1v) is 6.45. The van der Waals surface area contributed by atoms with Gasteiger partial charge >= 0.3 is 0 Å². The Labute approximate surface area is 110 Å². The highest BCUT2D eigenvalue weighted by atomic mass is 16.7. The fourth-order valence-electron chi connectivity index (χ4n) is 1.39. The first kappa shape index (κ1) is 16.8. The molecule has 0 aliphatic heterocycles. The van der Waals surface area contributed by atoms with E-state index >= 15 is 0 Å². The van der Waals surface area contributed by atoms with Crippen LogP contribution in [0.1, 0.15) is 32.8 Å². The predicted octanol–water partition coefficient (Wildman–Crippen LogP) is 3.22. The van der Waals surface area contributed by atoms with Crippen LogP contribution in [0.3, 0.4) is 0 Å². The Bertz CT molecular complexity index is 279. The first-order valence-electron chi connectivity index (χ1n) is 6.45. The summed E-state index contributed by atoms with van der Waals surface area (Å²) < 4.78 is 10.1.